The fourth-order valence-corrected chi connectivity index (χ4v) is 5.58. The molecule has 2 aliphatic heterocycles. The molecule has 2 heterocycles. The second-order valence-corrected chi connectivity index (χ2v) is 10.6. The predicted octanol–water partition coefficient (Wildman–Crippen LogP) is 1.67. The lowest BCUT2D eigenvalue weighted by atomic mass is 9.80. The summed E-state index contributed by atoms with van der Waals surface area (Å²) in [5.41, 5.74) is 7.42. The molecular weight excluding hydrogens is 456 g/mol. The fraction of sp³-hybridized carbons (Fsp3) is 0.350. The van der Waals surface area contributed by atoms with Crippen molar-refractivity contribution in [1.82, 2.24) is 10.2 Å². The first-order valence-corrected chi connectivity index (χ1v) is 11.9. The molecule has 1 saturated heterocycles. The largest absolute Gasteiger partial charge is 0.497 e. The van der Waals surface area contributed by atoms with Gasteiger partial charge < -0.3 is 15.4 Å². The molecule has 2 aromatic carbocycles. The van der Waals surface area contributed by atoms with Gasteiger partial charge >= 0.3 is 0 Å². The molecule has 3 N–H and O–H groups in total. The average Bonchev–Trinajstić information content (AvgIpc) is 3.06. The summed E-state index contributed by atoms with van der Waals surface area (Å²) >= 11 is 3.55. The summed E-state index contributed by atoms with van der Waals surface area (Å²) in [7, 11) is -1.68. The highest BCUT2D eigenvalue weighted by Crippen LogP contribution is 2.43. The Morgan fingerprint density at radius 1 is 1.24 bits per heavy atom. The van der Waals surface area contributed by atoms with Crippen LogP contribution in [0.5, 0.6) is 5.75 Å². The maximum absolute atomic E-state index is 12.2. The Bertz CT molecular complexity index is 1040. The molecule has 2 aromatic rings. The number of sulfone groups is 1. The number of aliphatic imine (C=N–C) groups is 1. The van der Waals surface area contributed by atoms with Gasteiger partial charge in [-0.25, -0.2) is 8.42 Å². The highest BCUT2D eigenvalue weighted by molar-refractivity contribution is 9.10. The first-order valence-electron chi connectivity index (χ1n) is 9.18. The Kier molecular flexibility index (Phi) is 5.18. The van der Waals surface area contributed by atoms with Crippen LogP contribution in [-0.4, -0.2) is 57.1 Å². The monoisotopic (exact) mass is 478 g/mol. The number of halogens is 1. The number of hydrogen-bond donors (Lipinski definition) is 2. The molecule has 0 saturated carbocycles. The van der Waals surface area contributed by atoms with Crippen LogP contribution in [0.3, 0.4) is 0 Å². The number of benzene rings is 2. The number of hydrogen-bond acceptors (Lipinski definition) is 7. The van der Waals surface area contributed by atoms with Crippen molar-refractivity contribution >= 4 is 32.1 Å². The SMILES string of the molecule is COc1ccc(C2(c3cccc(Br)c3)N=CN3CC(S(C)(=O)=O)C(N)NC32)cc1. The van der Waals surface area contributed by atoms with Crippen molar-refractivity contribution in [1.29, 1.82) is 0 Å². The third-order valence-corrected chi connectivity index (χ3v) is 7.66. The van der Waals surface area contributed by atoms with E-state index in [1.165, 1.54) is 6.26 Å². The van der Waals surface area contributed by atoms with Crippen molar-refractivity contribution in [2.24, 2.45) is 10.7 Å². The van der Waals surface area contributed by atoms with E-state index in [0.29, 0.717) is 0 Å². The Labute approximate surface area is 179 Å². The van der Waals surface area contributed by atoms with Crippen LogP contribution < -0.4 is 15.8 Å². The van der Waals surface area contributed by atoms with Gasteiger partial charge in [-0.15, -0.1) is 0 Å². The third-order valence-electron chi connectivity index (χ3n) is 5.62. The summed E-state index contributed by atoms with van der Waals surface area (Å²) in [5.74, 6) is 0.752. The number of nitrogens with zero attached hydrogens (tertiary/aromatic N) is 2. The van der Waals surface area contributed by atoms with Crippen molar-refractivity contribution in [2.45, 2.75) is 23.1 Å². The average molecular weight is 479 g/mol. The molecular formula is C20H23BrN4O3S. The number of nitrogens with one attached hydrogen (secondary N) is 1. The van der Waals surface area contributed by atoms with E-state index in [9.17, 15) is 8.42 Å². The van der Waals surface area contributed by atoms with Gasteiger partial charge in [0.2, 0.25) is 0 Å². The highest BCUT2D eigenvalue weighted by Gasteiger charge is 2.53. The van der Waals surface area contributed by atoms with E-state index >= 15 is 0 Å². The fourth-order valence-electron chi connectivity index (χ4n) is 4.13. The van der Waals surface area contributed by atoms with Gasteiger partial charge in [-0.2, -0.15) is 0 Å². The third kappa shape index (κ3) is 3.46. The normalized spacial score (nSPS) is 29.0. The lowest BCUT2D eigenvalue weighted by molar-refractivity contribution is 0.151. The maximum Gasteiger partial charge on any atom is 0.154 e. The van der Waals surface area contributed by atoms with Crippen LogP contribution >= 0.6 is 15.9 Å². The van der Waals surface area contributed by atoms with Gasteiger partial charge in [0.25, 0.3) is 0 Å². The number of fused-ring (bicyclic) bond motifs is 1. The predicted molar refractivity (Wildman–Crippen MR) is 117 cm³/mol. The van der Waals surface area contributed by atoms with Crippen molar-refractivity contribution in [2.75, 3.05) is 19.9 Å². The van der Waals surface area contributed by atoms with E-state index in [4.69, 9.17) is 15.5 Å². The van der Waals surface area contributed by atoms with Gasteiger partial charge in [-0.05, 0) is 35.4 Å². The van der Waals surface area contributed by atoms with Crippen LogP contribution in [-0.2, 0) is 15.4 Å². The summed E-state index contributed by atoms with van der Waals surface area (Å²) in [6.07, 6.45) is 1.93. The Morgan fingerprint density at radius 2 is 1.97 bits per heavy atom. The maximum atomic E-state index is 12.2. The zero-order valence-corrected chi connectivity index (χ0v) is 18.5. The van der Waals surface area contributed by atoms with E-state index in [2.05, 4.69) is 21.2 Å². The first kappa shape index (κ1) is 20.3. The van der Waals surface area contributed by atoms with Crippen LogP contribution in [0, 0.1) is 0 Å². The minimum Gasteiger partial charge on any atom is -0.497 e. The van der Waals surface area contributed by atoms with Gasteiger partial charge in [0.1, 0.15) is 22.7 Å². The van der Waals surface area contributed by atoms with Crippen molar-refractivity contribution in [3.8, 4) is 5.75 Å². The number of methoxy groups -OCH3 is 1. The van der Waals surface area contributed by atoms with Crippen LogP contribution in [0.2, 0.25) is 0 Å². The Hall–Kier alpha value is -1.94. The second kappa shape index (κ2) is 7.39. The number of rotatable bonds is 4. The van der Waals surface area contributed by atoms with Crippen LogP contribution in [0.25, 0.3) is 0 Å². The summed E-state index contributed by atoms with van der Waals surface area (Å²) in [4.78, 5) is 6.86. The van der Waals surface area contributed by atoms with Crippen molar-refractivity contribution in [3.05, 3.63) is 64.1 Å². The molecule has 4 atom stereocenters. The number of ether oxygens (including phenoxy) is 1. The van der Waals surface area contributed by atoms with E-state index < -0.39 is 26.8 Å². The second-order valence-electron chi connectivity index (χ2n) is 7.41. The number of nitrogens with two attached hydrogens (primary N) is 1. The van der Waals surface area contributed by atoms with E-state index in [0.717, 1.165) is 21.3 Å². The van der Waals surface area contributed by atoms with Crippen LogP contribution in [0.15, 0.2) is 58.0 Å². The molecule has 7 nitrogen and oxygen atoms in total. The van der Waals surface area contributed by atoms with E-state index in [1.54, 1.807) is 13.4 Å². The van der Waals surface area contributed by atoms with Crippen LogP contribution in [0.4, 0.5) is 0 Å². The van der Waals surface area contributed by atoms with Gasteiger partial charge in [0.15, 0.2) is 9.84 Å². The molecule has 29 heavy (non-hydrogen) atoms. The Balaban J connectivity index is 1.83. The van der Waals surface area contributed by atoms with Gasteiger partial charge in [-0.3, -0.25) is 10.3 Å². The molecule has 0 bridgehead atoms. The standard InChI is InChI=1S/C20H23BrN4O3S/c1-28-16-8-6-13(7-9-16)20(14-4-3-5-15(21)10-14)19-24-18(22)17(29(2,26)27)11-25(19)12-23-20/h3-10,12,17-19,24H,11,22H2,1-2H3. The van der Waals surface area contributed by atoms with Crippen molar-refractivity contribution in [3.63, 3.8) is 0 Å². The van der Waals surface area contributed by atoms with Gasteiger partial charge in [-0.1, -0.05) is 40.2 Å². The molecule has 154 valence electrons. The zero-order valence-electron chi connectivity index (χ0n) is 16.1. The van der Waals surface area contributed by atoms with E-state index in [1.807, 2.05) is 53.4 Å². The molecule has 0 spiro atoms. The molecule has 2 aliphatic rings. The molecule has 0 aromatic heterocycles. The molecule has 0 aliphatic carbocycles. The van der Waals surface area contributed by atoms with Crippen LogP contribution in [0.1, 0.15) is 11.1 Å². The molecule has 9 heteroatoms. The minimum atomic E-state index is -3.31. The van der Waals surface area contributed by atoms with Gasteiger partial charge in [0.05, 0.1) is 19.6 Å². The molecule has 4 unspecified atom stereocenters. The molecule has 0 radical (unpaired) electrons. The molecule has 0 amide bonds. The smallest absolute Gasteiger partial charge is 0.154 e. The lowest BCUT2D eigenvalue weighted by Crippen LogP contribution is -2.69. The summed E-state index contributed by atoms with van der Waals surface area (Å²) < 4.78 is 30.6. The first-order chi connectivity index (χ1) is 13.8. The zero-order chi connectivity index (χ0) is 20.8. The minimum absolute atomic E-state index is 0.285. The lowest BCUT2D eigenvalue weighted by Gasteiger charge is -2.45. The van der Waals surface area contributed by atoms with Gasteiger partial charge in [0, 0.05) is 17.3 Å². The quantitative estimate of drug-likeness (QED) is 0.693. The summed E-state index contributed by atoms with van der Waals surface area (Å²) in [6, 6.07) is 15.7. The molecule has 1 fully saturated rings. The topological polar surface area (TPSA) is 97.0 Å². The summed E-state index contributed by atoms with van der Waals surface area (Å²) in [5, 5.41) is 2.61. The molecule has 4 rings (SSSR count). The highest BCUT2D eigenvalue weighted by atomic mass is 79.9. The van der Waals surface area contributed by atoms with E-state index in [-0.39, 0.29) is 12.7 Å². The summed E-state index contributed by atoms with van der Waals surface area (Å²) in [6.45, 7) is 0.285. The van der Waals surface area contributed by atoms with Crippen molar-refractivity contribution < 1.29 is 13.2 Å². The Morgan fingerprint density at radius 3 is 2.59 bits per heavy atom.